The Hall–Kier alpha value is -8.56. The Morgan fingerprint density at radius 3 is 1.38 bits per heavy atom. The number of anilines is 4. The number of rotatable bonds is 9. The first kappa shape index (κ1) is 55.2. The minimum absolute atomic E-state index is 0. The molecule has 4 aliphatic rings. The van der Waals surface area contributed by atoms with Crippen LogP contribution in [0.15, 0.2) is 122 Å². The molecule has 3 amide bonds. The number of nitrogens with one attached hydrogen (secondary N) is 1. The molecule has 0 saturated carbocycles. The van der Waals surface area contributed by atoms with Gasteiger partial charge in [0.2, 0.25) is 0 Å². The van der Waals surface area contributed by atoms with Gasteiger partial charge in [-0.25, -0.2) is 14.8 Å². The number of pyridine rings is 2. The standard InChI is InChI=1S/C30H31N5O2.C21H20N2O3.C9H13N3.CH4/c1-21-4-7-25(30(37)35-16-12-24(13-17-35)23-8-5-22(19-31)6-9-23)18-27(21)29(36)33-26-10-11-28(32-20-26)34-14-2-3-15-34;1-14-2-5-18(12-19(14)21(25)26)20(24)23-10-8-17(9-11-23)16-6-3-15(13-22)4-7-16;10-8-3-4-9(11-7-8)12-5-1-2-6-12;/h4-11,18,20,24H,2-3,12-17H2,1H3,(H,33,36);2-7,12,17H,8-11H2,1H3,(H,25,26);3-4,7H,1-2,5-6,10H2;1H4. The van der Waals surface area contributed by atoms with E-state index in [1.54, 1.807) is 48.5 Å². The van der Waals surface area contributed by atoms with E-state index in [1.807, 2.05) is 90.7 Å². The van der Waals surface area contributed by atoms with Crippen LogP contribution in [0.1, 0.15) is 145 Å². The number of aromatic nitrogens is 2. The largest absolute Gasteiger partial charge is 0.478 e. The number of carbonyl (C=O) groups is 4. The number of carboxylic acids is 1. The highest BCUT2D eigenvalue weighted by atomic mass is 16.4. The first-order valence-electron chi connectivity index (χ1n) is 25.9. The summed E-state index contributed by atoms with van der Waals surface area (Å²) in [4.78, 5) is 67.3. The smallest absolute Gasteiger partial charge is 0.335 e. The van der Waals surface area contributed by atoms with Gasteiger partial charge in [0.05, 0.1) is 52.6 Å². The van der Waals surface area contributed by atoms with Crippen LogP contribution < -0.4 is 20.9 Å². The van der Waals surface area contributed by atoms with Crippen molar-refractivity contribution in [2.45, 2.75) is 84.5 Å². The lowest BCUT2D eigenvalue weighted by molar-refractivity contribution is 0.0691. The van der Waals surface area contributed by atoms with Gasteiger partial charge in [0.1, 0.15) is 11.6 Å². The molecule has 4 fully saturated rings. The van der Waals surface area contributed by atoms with Crippen molar-refractivity contribution in [1.29, 1.82) is 10.5 Å². The number of carboxylic acid groups (broad SMARTS) is 1. The molecule has 4 N–H and O–H groups in total. The van der Waals surface area contributed by atoms with E-state index >= 15 is 0 Å². The number of nitrogen functional groups attached to an aromatic ring is 1. The van der Waals surface area contributed by atoms with Crippen molar-refractivity contribution in [2.24, 2.45) is 0 Å². The molecule has 6 aromatic rings. The lowest BCUT2D eigenvalue weighted by Crippen LogP contribution is -2.38. The zero-order valence-corrected chi connectivity index (χ0v) is 42.8. The monoisotopic (exact) mass is 1020 g/mol. The third kappa shape index (κ3) is 14.0. The van der Waals surface area contributed by atoms with Crippen molar-refractivity contribution < 1.29 is 24.3 Å². The minimum atomic E-state index is -1.02. The molecule has 0 atom stereocenters. The fraction of sp³-hybridized carbons (Fsp3) is 0.344. The highest BCUT2D eigenvalue weighted by Gasteiger charge is 2.27. The molecule has 4 saturated heterocycles. The molecule has 6 heterocycles. The van der Waals surface area contributed by atoms with Gasteiger partial charge in [0.15, 0.2) is 0 Å². The summed E-state index contributed by atoms with van der Waals surface area (Å²) < 4.78 is 0. The number of nitrogens with two attached hydrogens (primary N) is 1. The minimum Gasteiger partial charge on any atom is -0.478 e. The van der Waals surface area contributed by atoms with Crippen LogP contribution in [0.5, 0.6) is 0 Å². The molecule has 392 valence electrons. The van der Waals surface area contributed by atoms with Crippen molar-refractivity contribution >= 4 is 46.7 Å². The summed E-state index contributed by atoms with van der Waals surface area (Å²) in [5.41, 5.74) is 13.7. The van der Waals surface area contributed by atoms with Crippen LogP contribution >= 0.6 is 0 Å². The summed E-state index contributed by atoms with van der Waals surface area (Å²) in [5.74, 6) is 1.30. The van der Waals surface area contributed by atoms with Gasteiger partial charge in [0.25, 0.3) is 17.7 Å². The number of hydrogen-bond donors (Lipinski definition) is 3. The third-order valence-corrected chi connectivity index (χ3v) is 14.7. The van der Waals surface area contributed by atoms with E-state index in [-0.39, 0.29) is 30.7 Å². The zero-order valence-electron chi connectivity index (χ0n) is 42.8. The Bertz CT molecular complexity index is 3030. The quantitative estimate of drug-likeness (QED) is 0.123. The molecule has 0 aliphatic carbocycles. The molecule has 0 spiro atoms. The number of likely N-dealkylation sites (tertiary alicyclic amines) is 2. The number of benzene rings is 4. The van der Waals surface area contributed by atoms with Crippen molar-refractivity contribution in [3.05, 3.63) is 177 Å². The van der Waals surface area contributed by atoms with Crippen LogP contribution in [0.25, 0.3) is 0 Å². The van der Waals surface area contributed by atoms with E-state index in [0.717, 1.165) is 74.7 Å². The van der Waals surface area contributed by atoms with Gasteiger partial charge in [-0.1, -0.05) is 43.8 Å². The number of hydrogen-bond acceptors (Lipinski definition) is 11. The van der Waals surface area contributed by atoms with Crippen LogP contribution in [0, 0.1) is 36.5 Å². The Morgan fingerprint density at radius 2 is 0.987 bits per heavy atom. The molecule has 0 unspecified atom stereocenters. The topological polar surface area (TPSA) is 213 Å². The van der Waals surface area contributed by atoms with Gasteiger partial charge >= 0.3 is 5.97 Å². The number of nitriles is 2. The van der Waals surface area contributed by atoms with Crippen LogP contribution in [0.3, 0.4) is 0 Å². The molecular weight excluding hydrogens is 953 g/mol. The van der Waals surface area contributed by atoms with E-state index in [2.05, 4.69) is 37.2 Å². The van der Waals surface area contributed by atoms with E-state index in [4.69, 9.17) is 16.3 Å². The Labute approximate surface area is 446 Å². The molecule has 76 heavy (non-hydrogen) atoms. The number of amides is 3. The number of aromatic carboxylic acids is 1. The van der Waals surface area contributed by atoms with Gasteiger partial charge in [-0.15, -0.1) is 0 Å². The summed E-state index contributed by atoms with van der Waals surface area (Å²) in [6, 6.07) is 37.5. The van der Waals surface area contributed by atoms with Crippen LogP contribution in [-0.2, 0) is 0 Å². The average Bonchev–Trinajstić information content (AvgIpc) is 4.21. The van der Waals surface area contributed by atoms with Gasteiger partial charge < -0.3 is 35.8 Å². The maximum atomic E-state index is 13.3. The van der Waals surface area contributed by atoms with Gasteiger partial charge in [0, 0.05) is 69.0 Å². The second kappa shape index (κ2) is 26.1. The summed E-state index contributed by atoms with van der Waals surface area (Å²) in [5, 5.41) is 30.1. The summed E-state index contributed by atoms with van der Waals surface area (Å²) in [6.45, 7) is 10.5. The molecule has 4 aliphatic heterocycles. The SMILES string of the molecule is C.Cc1ccc(C(=O)N2CCC(c3ccc(C#N)cc3)CC2)cc1C(=O)Nc1ccc(N2CCCC2)nc1.Cc1ccc(C(=O)N2CCC(c3ccc(C#N)cc3)CC2)cc1C(=O)O.Nc1ccc(N2CCCC2)nc1. The van der Waals surface area contributed by atoms with Crippen molar-refractivity contribution in [2.75, 3.05) is 73.2 Å². The molecule has 10 rings (SSSR count). The van der Waals surface area contributed by atoms with Crippen molar-refractivity contribution in [1.82, 2.24) is 19.8 Å². The highest BCUT2D eigenvalue weighted by molar-refractivity contribution is 6.07. The van der Waals surface area contributed by atoms with Crippen molar-refractivity contribution in [3.8, 4) is 12.1 Å². The Balaban J connectivity index is 0.000000186. The molecule has 15 heteroatoms. The van der Waals surface area contributed by atoms with Crippen LogP contribution in [0.4, 0.5) is 23.0 Å². The molecule has 0 radical (unpaired) electrons. The molecule has 15 nitrogen and oxygen atoms in total. The summed E-state index contributed by atoms with van der Waals surface area (Å²) in [7, 11) is 0. The fourth-order valence-electron chi connectivity index (χ4n) is 10.2. The molecular formula is C61H68N10O5. The summed E-state index contributed by atoms with van der Waals surface area (Å²) >= 11 is 0. The molecule has 0 bridgehead atoms. The van der Waals surface area contributed by atoms with Crippen molar-refractivity contribution in [3.63, 3.8) is 0 Å². The van der Waals surface area contributed by atoms with Gasteiger partial charge in [-0.2, -0.15) is 10.5 Å². The number of nitrogens with zero attached hydrogens (tertiary/aromatic N) is 8. The lowest BCUT2D eigenvalue weighted by atomic mass is 9.88. The van der Waals surface area contributed by atoms with Crippen LogP contribution in [-0.4, -0.2) is 101 Å². The Morgan fingerprint density at radius 1 is 0.566 bits per heavy atom. The molecule has 4 aromatic carbocycles. The van der Waals surface area contributed by atoms with Crippen LogP contribution in [0.2, 0.25) is 0 Å². The maximum absolute atomic E-state index is 13.3. The number of aryl methyl sites for hydroxylation is 2. The summed E-state index contributed by atoms with van der Waals surface area (Å²) in [6.07, 6.45) is 11.8. The number of piperidine rings is 2. The fourth-order valence-corrected chi connectivity index (χ4v) is 10.2. The second-order valence-corrected chi connectivity index (χ2v) is 19.7. The first-order valence-corrected chi connectivity index (χ1v) is 25.9. The van der Waals surface area contributed by atoms with E-state index in [0.29, 0.717) is 77.1 Å². The highest BCUT2D eigenvalue weighted by Crippen LogP contribution is 2.31. The predicted molar refractivity (Wildman–Crippen MR) is 298 cm³/mol. The van der Waals surface area contributed by atoms with Gasteiger partial charge in [-0.05, 0) is 172 Å². The molecule has 2 aromatic heterocycles. The Kier molecular flexibility index (Phi) is 18.9. The average molecular weight is 1020 g/mol. The van der Waals surface area contributed by atoms with Gasteiger partial charge in [-0.3, -0.25) is 14.4 Å². The maximum Gasteiger partial charge on any atom is 0.335 e. The lowest BCUT2D eigenvalue weighted by Gasteiger charge is -2.32. The normalized spacial score (nSPS) is 15.4. The predicted octanol–water partition coefficient (Wildman–Crippen LogP) is 10.6. The number of carbonyl (C=O) groups excluding carboxylic acids is 3. The van der Waals surface area contributed by atoms with E-state index in [1.165, 1.54) is 42.9 Å². The zero-order chi connectivity index (χ0) is 52.8. The third-order valence-electron chi connectivity index (χ3n) is 14.7. The first-order chi connectivity index (χ1) is 36.4. The van der Waals surface area contributed by atoms with E-state index in [9.17, 15) is 24.3 Å². The second-order valence-electron chi connectivity index (χ2n) is 19.7. The van der Waals surface area contributed by atoms with E-state index < -0.39 is 5.97 Å².